The van der Waals surface area contributed by atoms with Crippen molar-refractivity contribution in [3.63, 3.8) is 0 Å². The van der Waals surface area contributed by atoms with Crippen LogP contribution in [0, 0.1) is 17.8 Å². The monoisotopic (exact) mass is 831 g/mol. The van der Waals surface area contributed by atoms with Crippen LogP contribution in [0.2, 0.25) is 0 Å². The number of aryl methyl sites for hydroxylation is 1. The van der Waals surface area contributed by atoms with Gasteiger partial charge in [0.25, 0.3) is 0 Å². The molecule has 4 rings (SSSR count). The lowest BCUT2D eigenvalue weighted by molar-refractivity contribution is -0.138. The Labute approximate surface area is 359 Å². The Kier molecular flexibility index (Phi) is 20.8. The van der Waals surface area contributed by atoms with Crippen molar-refractivity contribution in [1.29, 1.82) is 0 Å². The average Bonchev–Trinajstić information content (AvgIpc) is 3.39. The van der Waals surface area contributed by atoms with Gasteiger partial charge in [-0.1, -0.05) is 93.4 Å². The smallest absolute Gasteiger partial charge is 0.303 e. The molecule has 1 saturated heterocycles. The molecule has 2 aromatic rings. The van der Waals surface area contributed by atoms with Gasteiger partial charge >= 0.3 is 5.97 Å². The Bertz CT molecular complexity index is 1710. The second-order valence-electron chi connectivity index (χ2n) is 17.6. The van der Waals surface area contributed by atoms with Crippen LogP contribution in [0.3, 0.4) is 0 Å². The predicted molar refractivity (Wildman–Crippen MR) is 239 cm³/mol. The van der Waals surface area contributed by atoms with Crippen LogP contribution in [0.1, 0.15) is 146 Å². The number of carbonyl (C=O) groups is 1. The molecule has 10 nitrogen and oxygen atoms in total. The minimum absolute atomic E-state index is 0.00273. The van der Waals surface area contributed by atoms with E-state index in [1.165, 1.54) is 0 Å². The number of unbranched alkanes of at least 4 members (excludes halogenated alkanes) is 2. The molecule has 0 unspecified atom stereocenters. The predicted octanol–water partition coefficient (Wildman–Crippen LogP) is 7.04. The van der Waals surface area contributed by atoms with Crippen LogP contribution in [0.25, 0.3) is 0 Å². The molecule has 0 radical (unpaired) electrons. The third-order valence-electron chi connectivity index (χ3n) is 12.8. The number of aliphatic hydroxyl groups is 5. The first-order valence-corrected chi connectivity index (χ1v) is 22.7. The molecule has 0 bridgehead atoms. The number of allylic oxidation sites excluding steroid dienone is 2. The first kappa shape index (κ1) is 49.1. The van der Waals surface area contributed by atoms with Crippen molar-refractivity contribution in [2.45, 2.75) is 178 Å². The van der Waals surface area contributed by atoms with Gasteiger partial charge in [0.2, 0.25) is 0 Å². The maximum atomic E-state index is 12.9. The fourth-order valence-electron chi connectivity index (χ4n) is 9.35. The normalized spacial score (nSPS) is 25.4. The van der Waals surface area contributed by atoms with Crippen molar-refractivity contribution in [2.24, 2.45) is 5.92 Å². The van der Waals surface area contributed by atoms with Crippen LogP contribution < -0.4 is 10.6 Å². The average molecular weight is 831 g/mol. The zero-order chi connectivity index (χ0) is 43.5. The fourth-order valence-corrected chi connectivity index (χ4v) is 9.35. The van der Waals surface area contributed by atoms with E-state index in [0.717, 1.165) is 72.8 Å². The molecule has 2 aromatic carbocycles. The summed E-state index contributed by atoms with van der Waals surface area (Å²) in [5.41, 5.74) is 3.18. The highest BCUT2D eigenvalue weighted by molar-refractivity contribution is 5.67. The van der Waals surface area contributed by atoms with Gasteiger partial charge in [0, 0.05) is 55.1 Å². The standard InChI is InChI=1S/C50H74N2O8/c1-4-5-6-18-41(55)28-25-38-24-23-37-15-8-7-14-36(37)16-10-22-48(50(3,60)45(19-12-31-53)39-26-29-42(56)30-27-39)52-47(44(38)33-43(57)34-54)21-11-20-46-40(32-49(58)59)17-9-13-35(2)51-46/h7-8,14-15,25-30,35,40-41,43,45-48,51-57,60H,4-6,9,11-13,17-24,31-34H2,1-3H3,(H,58,59)/b28-25+,44-38+/t35-,40+,41+,43+,45-,46-,47+,48-,50+/m1/s1. The van der Waals surface area contributed by atoms with E-state index in [9.17, 15) is 40.5 Å². The van der Waals surface area contributed by atoms with Gasteiger partial charge < -0.3 is 46.4 Å². The van der Waals surface area contributed by atoms with E-state index < -0.39 is 48.4 Å². The van der Waals surface area contributed by atoms with Crippen LogP contribution in [0.15, 0.2) is 71.8 Å². The fraction of sp³-hybridized carbons (Fsp3) is 0.620. The number of aromatic hydroxyl groups is 1. The van der Waals surface area contributed by atoms with E-state index in [1.807, 2.05) is 49.4 Å². The number of carboxylic acids is 1. The second-order valence-corrected chi connectivity index (χ2v) is 17.6. The number of phenols is 1. The number of carboxylic acid groups (broad SMARTS) is 1. The molecule has 1 fully saturated rings. The van der Waals surface area contributed by atoms with Crippen LogP contribution in [-0.4, -0.2) is 96.9 Å². The Morgan fingerprint density at radius 3 is 2.45 bits per heavy atom. The number of hydrogen-bond acceptors (Lipinski definition) is 9. The second kappa shape index (κ2) is 25.4. The number of aliphatic carboxylic acids is 1. The van der Waals surface area contributed by atoms with Crippen molar-refractivity contribution in [3.05, 3.63) is 88.5 Å². The van der Waals surface area contributed by atoms with E-state index >= 15 is 0 Å². The van der Waals surface area contributed by atoms with Crippen molar-refractivity contribution in [2.75, 3.05) is 13.2 Å². The molecule has 0 saturated carbocycles. The number of nitrogens with one attached hydrogen (secondary N) is 2. The number of fused-ring (bicyclic) bond motifs is 1. The van der Waals surface area contributed by atoms with Crippen molar-refractivity contribution in [1.82, 2.24) is 10.6 Å². The lowest BCUT2D eigenvalue weighted by Crippen LogP contribution is -2.56. The largest absolute Gasteiger partial charge is 0.508 e. The van der Waals surface area contributed by atoms with E-state index in [2.05, 4.69) is 42.4 Å². The molecule has 9 N–H and O–H groups in total. The molecule has 0 aromatic heterocycles. The topological polar surface area (TPSA) is 183 Å². The molecule has 332 valence electrons. The Hall–Kier alpha value is -3.53. The van der Waals surface area contributed by atoms with E-state index in [1.54, 1.807) is 12.1 Å². The van der Waals surface area contributed by atoms with Gasteiger partial charge in [0.15, 0.2) is 0 Å². The summed E-state index contributed by atoms with van der Waals surface area (Å²) in [5.74, 6) is 5.69. The van der Waals surface area contributed by atoms with E-state index in [0.29, 0.717) is 44.9 Å². The summed E-state index contributed by atoms with van der Waals surface area (Å²) in [6.45, 7) is 5.61. The molecular formula is C50H74N2O8. The van der Waals surface area contributed by atoms with Crippen molar-refractivity contribution in [3.8, 4) is 17.6 Å². The molecule has 2 aliphatic heterocycles. The number of benzene rings is 2. The molecule has 2 heterocycles. The highest BCUT2D eigenvalue weighted by atomic mass is 16.4. The first-order valence-electron chi connectivity index (χ1n) is 22.7. The highest BCUT2D eigenvalue weighted by Crippen LogP contribution is 2.38. The minimum atomic E-state index is -1.43. The highest BCUT2D eigenvalue weighted by Gasteiger charge is 2.41. The zero-order valence-corrected chi connectivity index (χ0v) is 36.4. The molecule has 9 atom stereocenters. The van der Waals surface area contributed by atoms with Gasteiger partial charge in [-0.05, 0) is 124 Å². The summed E-state index contributed by atoms with van der Waals surface area (Å²) >= 11 is 0. The minimum Gasteiger partial charge on any atom is -0.508 e. The third-order valence-corrected chi connectivity index (χ3v) is 12.8. The maximum Gasteiger partial charge on any atom is 0.303 e. The lowest BCUT2D eigenvalue weighted by atomic mass is 9.74. The Balaban J connectivity index is 1.88. The molecule has 0 spiro atoms. The molecule has 2 aliphatic rings. The summed E-state index contributed by atoms with van der Waals surface area (Å²) < 4.78 is 0. The van der Waals surface area contributed by atoms with Crippen molar-refractivity contribution >= 4 is 5.97 Å². The van der Waals surface area contributed by atoms with Crippen LogP contribution in [0.4, 0.5) is 0 Å². The number of rotatable bonds is 21. The zero-order valence-electron chi connectivity index (χ0n) is 36.4. The molecule has 10 heteroatoms. The molecule has 60 heavy (non-hydrogen) atoms. The molecule has 0 aliphatic carbocycles. The van der Waals surface area contributed by atoms with Crippen LogP contribution in [-0.2, 0) is 11.2 Å². The Morgan fingerprint density at radius 2 is 1.73 bits per heavy atom. The van der Waals surface area contributed by atoms with Crippen LogP contribution in [0.5, 0.6) is 5.75 Å². The number of phenolic OH excluding ortho intramolecular Hbond substituents is 1. The number of hydrogen-bond donors (Lipinski definition) is 9. The SMILES string of the molecule is CCCCC[C@H](O)/C=C/C1=C(\C[C@H](O)CO)[C@H](CCC[C@H]2N[C@H](C)CCC[C@H]2CC(=O)O)N[C@@H]([C@@](C)(O)[C@H](CCCO)c2ccc(O)cc2)CC#Cc2ccccc2CC1. The van der Waals surface area contributed by atoms with Gasteiger partial charge in [-0.2, -0.15) is 0 Å². The van der Waals surface area contributed by atoms with Gasteiger partial charge in [-0.25, -0.2) is 0 Å². The van der Waals surface area contributed by atoms with Gasteiger partial charge in [0.1, 0.15) is 5.75 Å². The third kappa shape index (κ3) is 15.4. The van der Waals surface area contributed by atoms with Crippen molar-refractivity contribution < 1.29 is 40.5 Å². The summed E-state index contributed by atoms with van der Waals surface area (Å²) in [6, 6.07) is 14.1. The maximum absolute atomic E-state index is 12.9. The van der Waals surface area contributed by atoms with E-state index in [4.69, 9.17) is 0 Å². The Morgan fingerprint density at radius 1 is 0.967 bits per heavy atom. The summed E-state index contributed by atoms with van der Waals surface area (Å²) in [5, 5.41) is 83.2. The van der Waals surface area contributed by atoms with Gasteiger partial charge in [0.05, 0.1) is 24.4 Å². The van der Waals surface area contributed by atoms with E-state index in [-0.39, 0.29) is 49.6 Å². The summed E-state index contributed by atoms with van der Waals surface area (Å²) in [7, 11) is 0. The summed E-state index contributed by atoms with van der Waals surface area (Å²) in [6.07, 6.45) is 13.3. The molecular weight excluding hydrogens is 757 g/mol. The quantitative estimate of drug-likeness (QED) is 0.0468. The van der Waals surface area contributed by atoms with Gasteiger partial charge in [-0.15, -0.1) is 0 Å². The van der Waals surface area contributed by atoms with Crippen LogP contribution >= 0.6 is 0 Å². The molecule has 0 amide bonds. The summed E-state index contributed by atoms with van der Waals surface area (Å²) in [4.78, 5) is 12.0. The first-order chi connectivity index (χ1) is 28.9. The number of aliphatic hydroxyl groups excluding tert-OH is 4. The lowest BCUT2D eigenvalue weighted by Gasteiger charge is -2.42. The van der Waals surface area contributed by atoms with Gasteiger partial charge in [-0.3, -0.25) is 4.79 Å².